The third kappa shape index (κ3) is 3.53. The van der Waals surface area contributed by atoms with Gasteiger partial charge in [-0.3, -0.25) is 0 Å². The molecule has 0 unspecified atom stereocenters. The molecule has 100 valence electrons. The third-order valence-corrected chi connectivity index (χ3v) is 3.22. The van der Waals surface area contributed by atoms with Gasteiger partial charge in [-0.05, 0) is 30.4 Å². The van der Waals surface area contributed by atoms with Crippen LogP contribution in [0.1, 0.15) is 37.2 Å². The maximum absolute atomic E-state index is 8.48. The zero-order valence-corrected chi connectivity index (χ0v) is 11.0. The molecule has 0 amide bonds. The molecule has 0 aliphatic heterocycles. The lowest BCUT2D eigenvalue weighted by Crippen LogP contribution is -2.21. The Kier molecular flexibility index (Phi) is 5.78. The molecule has 18 heavy (non-hydrogen) atoms. The van der Waals surface area contributed by atoms with Crippen molar-refractivity contribution in [1.29, 1.82) is 0 Å². The highest BCUT2D eigenvalue weighted by Crippen LogP contribution is 2.38. The number of para-hydroxylation sites is 1. The van der Waals surface area contributed by atoms with Crippen LogP contribution in [0.5, 0.6) is 5.75 Å². The Morgan fingerprint density at radius 1 is 1.33 bits per heavy atom. The molecule has 4 nitrogen and oxygen atoms in total. The van der Waals surface area contributed by atoms with Gasteiger partial charge in [-0.15, -0.1) is 12.4 Å². The predicted octanol–water partition coefficient (Wildman–Crippen LogP) is 2.89. The van der Waals surface area contributed by atoms with Gasteiger partial charge < -0.3 is 15.7 Å². The standard InChI is InChI=1S/C13H18N2O2.ClH/c14-13(15-16)9-17-12-8-4-3-7-11(12)10-5-1-2-6-10;/h3-4,7-8,10,16H,1-2,5-6,9H2,(H2,14,15);1H. The number of halogens is 1. The molecule has 1 aliphatic rings. The number of hydrogen-bond acceptors (Lipinski definition) is 3. The summed E-state index contributed by atoms with van der Waals surface area (Å²) in [4.78, 5) is 0. The van der Waals surface area contributed by atoms with Crippen molar-refractivity contribution in [3.8, 4) is 5.75 Å². The molecule has 5 heteroatoms. The van der Waals surface area contributed by atoms with Crippen LogP contribution < -0.4 is 10.5 Å². The molecule has 0 saturated heterocycles. The number of amidine groups is 1. The number of rotatable bonds is 4. The predicted molar refractivity (Wildman–Crippen MR) is 73.8 cm³/mol. The first-order chi connectivity index (χ1) is 8.31. The molecule has 1 saturated carbocycles. The van der Waals surface area contributed by atoms with Crippen molar-refractivity contribution in [2.24, 2.45) is 10.9 Å². The van der Waals surface area contributed by atoms with Gasteiger partial charge in [0.2, 0.25) is 0 Å². The summed E-state index contributed by atoms with van der Waals surface area (Å²) in [5.74, 6) is 1.54. The van der Waals surface area contributed by atoms with Gasteiger partial charge in [-0.25, -0.2) is 0 Å². The number of nitrogens with zero attached hydrogens (tertiary/aromatic N) is 1. The van der Waals surface area contributed by atoms with E-state index in [0.29, 0.717) is 5.92 Å². The third-order valence-electron chi connectivity index (χ3n) is 3.22. The lowest BCUT2D eigenvalue weighted by molar-refractivity contribution is 0.305. The molecule has 1 fully saturated rings. The van der Waals surface area contributed by atoms with E-state index < -0.39 is 0 Å². The SMILES string of the molecule is Cl.N/C(COc1ccccc1C1CCCC1)=N/O. The van der Waals surface area contributed by atoms with Gasteiger partial charge in [-0.1, -0.05) is 36.2 Å². The van der Waals surface area contributed by atoms with E-state index in [1.807, 2.05) is 18.2 Å². The molecule has 0 radical (unpaired) electrons. The van der Waals surface area contributed by atoms with Crippen LogP contribution in [-0.2, 0) is 0 Å². The van der Waals surface area contributed by atoms with Crippen molar-refractivity contribution in [2.45, 2.75) is 31.6 Å². The van der Waals surface area contributed by atoms with Crippen LogP contribution in [0.3, 0.4) is 0 Å². The van der Waals surface area contributed by atoms with Gasteiger partial charge in [0.1, 0.15) is 12.4 Å². The molecule has 1 aromatic rings. The van der Waals surface area contributed by atoms with E-state index in [0.717, 1.165) is 5.75 Å². The van der Waals surface area contributed by atoms with Crippen molar-refractivity contribution < 1.29 is 9.94 Å². The maximum atomic E-state index is 8.48. The van der Waals surface area contributed by atoms with Gasteiger partial charge >= 0.3 is 0 Å². The van der Waals surface area contributed by atoms with E-state index in [1.54, 1.807) is 0 Å². The van der Waals surface area contributed by atoms with Crippen molar-refractivity contribution in [2.75, 3.05) is 6.61 Å². The smallest absolute Gasteiger partial charge is 0.177 e. The summed E-state index contributed by atoms with van der Waals surface area (Å²) in [7, 11) is 0. The van der Waals surface area contributed by atoms with Crippen LogP contribution in [0.25, 0.3) is 0 Å². The topological polar surface area (TPSA) is 67.8 Å². The van der Waals surface area contributed by atoms with E-state index in [1.165, 1.54) is 31.2 Å². The molecule has 2 rings (SSSR count). The molecule has 0 atom stereocenters. The number of nitrogens with two attached hydrogens (primary N) is 1. The normalized spacial score (nSPS) is 16.3. The minimum Gasteiger partial charge on any atom is -0.485 e. The molecular weight excluding hydrogens is 252 g/mol. The van der Waals surface area contributed by atoms with Crippen LogP contribution in [0, 0.1) is 0 Å². The van der Waals surface area contributed by atoms with E-state index in [9.17, 15) is 0 Å². The van der Waals surface area contributed by atoms with Crippen LogP contribution in [-0.4, -0.2) is 17.6 Å². The summed E-state index contributed by atoms with van der Waals surface area (Å²) in [5, 5.41) is 11.4. The van der Waals surface area contributed by atoms with Crippen molar-refractivity contribution in [3.63, 3.8) is 0 Å². The van der Waals surface area contributed by atoms with Gasteiger partial charge in [0.25, 0.3) is 0 Å². The maximum Gasteiger partial charge on any atom is 0.177 e. The second-order valence-corrected chi connectivity index (χ2v) is 4.40. The van der Waals surface area contributed by atoms with Crippen LogP contribution in [0.4, 0.5) is 0 Å². The fourth-order valence-electron chi connectivity index (χ4n) is 2.37. The zero-order chi connectivity index (χ0) is 12.1. The van der Waals surface area contributed by atoms with Crippen LogP contribution in [0.15, 0.2) is 29.4 Å². The highest BCUT2D eigenvalue weighted by Gasteiger charge is 2.20. The summed E-state index contributed by atoms with van der Waals surface area (Å²) >= 11 is 0. The highest BCUT2D eigenvalue weighted by atomic mass is 35.5. The average Bonchev–Trinajstić information content (AvgIpc) is 2.90. The molecule has 1 aliphatic carbocycles. The second-order valence-electron chi connectivity index (χ2n) is 4.40. The highest BCUT2D eigenvalue weighted by molar-refractivity contribution is 5.85. The number of oxime groups is 1. The fraction of sp³-hybridized carbons (Fsp3) is 0.462. The Labute approximate surface area is 113 Å². The van der Waals surface area contributed by atoms with Crippen molar-refractivity contribution in [1.82, 2.24) is 0 Å². The summed E-state index contributed by atoms with van der Waals surface area (Å²) in [6.45, 7) is 0.125. The van der Waals surface area contributed by atoms with Gasteiger partial charge in [0, 0.05) is 0 Å². The summed E-state index contributed by atoms with van der Waals surface area (Å²) in [5.41, 5.74) is 6.65. The Morgan fingerprint density at radius 3 is 2.67 bits per heavy atom. The first kappa shape index (κ1) is 14.6. The largest absolute Gasteiger partial charge is 0.485 e. The monoisotopic (exact) mass is 270 g/mol. The quantitative estimate of drug-likeness (QED) is 0.383. The number of hydrogen-bond donors (Lipinski definition) is 2. The molecule has 0 heterocycles. The second kappa shape index (κ2) is 7.11. The molecule has 3 N–H and O–H groups in total. The van der Waals surface area contributed by atoms with E-state index in [-0.39, 0.29) is 24.8 Å². The van der Waals surface area contributed by atoms with Crippen molar-refractivity contribution >= 4 is 18.2 Å². The summed E-state index contributed by atoms with van der Waals surface area (Å²) < 4.78 is 5.59. The minimum atomic E-state index is 0. The van der Waals surface area contributed by atoms with Crippen LogP contribution >= 0.6 is 12.4 Å². The van der Waals surface area contributed by atoms with Gasteiger partial charge in [-0.2, -0.15) is 0 Å². The van der Waals surface area contributed by atoms with Gasteiger partial charge in [0.15, 0.2) is 5.84 Å². The Balaban J connectivity index is 0.00000162. The molecule has 0 bridgehead atoms. The Hall–Kier alpha value is -1.42. The fourth-order valence-corrected chi connectivity index (χ4v) is 2.37. The number of benzene rings is 1. The minimum absolute atomic E-state index is 0. The number of ether oxygens (including phenoxy) is 1. The Bertz CT molecular complexity index is 404. The first-order valence-corrected chi connectivity index (χ1v) is 5.99. The van der Waals surface area contributed by atoms with Crippen molar-refractivity contribution in [3.05, 3.63) is 29.8 Å². The molecule has 0 aromatic heterocycles. The Morgan fingerprint density at radius 2 is 2.00 bits per heavy atom. The van der Waals surface area contributed by atoms with E-state index in [2.05, 4.69) is 11.2 Å². The van der Waals surface area contributed by atoms with Gasteiger partial charge in [0.05, 0.1) is 0 Å². The molecule has 1 aromatic carbocycles. The average molecular weight is 271 g/mol. The summed E-state index contributed by atoms with van der Waals surface area (Å²) in [6.07, 6.45) is 5.03. The van der Waals surface area contributed by atoms with E-state index >= 15 is 0 Å². The lowest BCUT2D eigenvalue weighted by Gasteiger charge is -2.15. The molecular formula is C13H19ClN2O2. The first-order valence-electron chi connectivity index (χ1n) is 5.99. The van der Waals surface area contributed by atoms with Crippen LogP contribution in [0.2, 0.25) is 0 Å². The van der Waals surface area contributed by atoms with E-state index in [4.69, 9.17) is 15.7 Å². The zero-order valence-electron chi connectivity index (χ0n) is 10.2. The lowest BCUT2D eigenvalue weighted by atomic mass is 9.97. The molecule has 0 spiro atoms. The summed E-state index contributed by atoms with van der Waals surface area (Å²) in [6, 6.07) is 8.03.